The molecule has 0 aliphatic carbocycles. The number of nitrogens with one attached hydrogen (secondary N) is 1. The third kappa shape index (κ3) is 2.46. The van der Waals surface area contributed by atoms with Gasteiger partial charge in [0.25, 0.3) is 0 Å². The lowest BCUT2D eigenvalue weighted by atomic mass is 9.89. The number of allylic oxidation sites excluding steroid dienone is 4. The van der Waals surface area contributed by atoms with Gasteiger partial charge >= 0.3 is 0 Å². The summed E-state index contributed by atoms with van der Waals surface area (Å²) in [5.41, 5.74) is 1.96. The van der Waals surface area contributed by atoms with E-state index in [2.05, 4.69) is 37.3 Å². The van der Waals surface area contributed by atoms with Gasteiger partial charge in [-0.05, 0) is 26.8 Å². The molecule has 1 aliphatic heterocycles. The molecule has 0 unspecified atom stereocenters. The van der Waals surface area contributed by atoms with Crippen LogP contribution in [0, 0.1) is 0 Å². The lowest BCUT2D eigenvalue weighted by Gasteiger charge is -2.32. The monoisotopic (exact) mass is 202 g/mol. The summed E-state index contributed by atoms with van der Waals surface area (Å²) in [6.45, 7) is 13.6. The molecule has 15 heavy (non-hydrogen) atoms. The highest BCUT2D eigenvalue weighted by Gasteiger charge is 2.28. The molecule has 2 heteroatoms. The number of rotatable bonds is 2. The zero-order chi connectivity index (χ0) is 11.5. The Morgan fingerprint density at radius 2 is 1.80 bits per heavy atom. The zero-order valence-corrected chi connectivity index (χ0v) is 9.67. The van der Waals surface area contributed by atoms with Crippen LogP contribution in [-0.2, 0) is 0 Å². The SMILES string of the molecule is C=C/C=C1/NC(C)=NC(C)(C)/C1=C/C=C. The molecule has 2 nitrogen and oxygen atoms in total. The van der Waals surface area contributed by atoms with Crippen LogP contribution in [0.15, 0.2) is 53.7 Å². The van der Waals surface area contributed by atoms with Crippen molar-refractivity contribution < 1.29 is 0 Å². The van der Waals surface area contributed by atoms with Gasteiger partial charge in [0.05, 0.1) is 11.4 Å². The number of hydrogen-bond donors (Lipinski definition) is 1. The first-order valence-electron chi connectivity index (χ1n) is 5.01. The normalized spacial score (nSPS) is 24.6. The second kappa shape index (κ2) is 4.30. The molecule has 0 radical (unpaired) electrons. The minimum atomic E-state index is -0.210. The predicted molar refractivity (Wildman–Crippen MR) is 66.9 cm³/mol. The molecule has 0 amide bonds. The first-order valence-corrected chi connectivity index (χ1v) is 5.01. The van der Waals surface area contributed by atoms with Crippen molar-refractivity contribution in [3.63, 3.8) is 0 Å². The number of aliphatic imine (C=N–C) groups is 1. The molecule has 0 aromatic heterocycles. The van der Waals surface area contributed by atoms with Crippen LogP contribution in [0.1, 0.15) is 20.8 Å². The summed E-state index contributed by atoms with van der Waals surface area (Å²) in [7, 11) is 0. The lowest BCUT2D eigenvalue weighted by Crippen LogP contribution is -2.37. The van der Waals surface area contributed by atoms with Crippen LogP contribution in [0.25, 0.3) is 0 Å². The Kier molecular flexibility index (Phi) is 3.30. The molecule has 0 atom stereocenters. The van der Waals surface area contributed by atoms with Crippen LogP contribution >= 0.6 is 0 Å². The van der Waals surface area contributed by atoms with Crippen molar-refractivity contribution in [2.24, 2.45) is 4.99 Å². The number of hydrogen-bond acceptors (Lipinski definition) is 2. The molecular weight excluding hydrogens is 184 g/mol. The highest BCUT2D eigenvalue weighted by Crippen LogP contribution is 2.29. The van der Waals surface area contributed by atoms with E-state index in [1.165, 1.54) is 0 Å². The lowest BCUT2D eigenvalue weighted by molar-refractivity contribution is 0.596. The van der Waals surface area contributed by atoms with Gasteiger partial charge in [0.15, 0.2) is 0 Å². The summed E-state index contributed by atoms with van der Waals surface area (Å²) in [5.74, 6) is 0.925. The third-order valence-corrected chi connectivity index (χ3v) is 2.28. The highest BCUT2D eigenvalue weighted by molar-refractivity contribution is 5.85. The predicted octanol–water partition coefficient (Wildman–Crippen LogP) is 2.97. The topological polar surface area (TPSA) is 24.4 Å². The van der Waals surface area contributed by atoms with Crippen molar-refractivity contribution in [1.29, 1.82) is 0 Å². The second-order valence-corrected chi connectivity index (χ2v) is 4.01. The molecule has 80 valence electrons. The fourth-order valence-corrected chi connectivity index (χ4v) is 1.76. The highest BCUT2D eigenvalue weighted by atomic mass is 15.1. The molecule has 0 aromatic rings. The molecule has 0 fully saturated rings. The summed E-state index contributed by atoms with van der Waals surface area (Å²) in [4.78, 5) is 4.56. The molecule has 1 N–H and O–H groups in total. The zero-order valence-electron chi connectivity index (χ0n) is 9.67. The van der Waals surface area contributed by atoms with E-state index in [4.69, 9.17) is 0 Å². The third-order valence-electron chi connectivity index (χ3n) is 2.28. The molecule has 0 aromatic carbocycles. The average molecular weight is 202 g/mol. The Bertz CT molecular complexity index is 368. The minimum Gasteiger partial charge on any atom is -0.344 e. The largest absolute Gasteiger partial charge is 0.344 e. The van der Waals surface area contributed by atoms with Crippen molar-refractivity contribution >= 4 is 5.84 Å². The van der Waals surface area contributed by atoms with E-state index in [0.29, 0.717) is 0 Å². The van der Waals surface area contributed by atoms with Gasteiger partial charge in [-0.25, -0.2) is 0 Å². The van der Waals surface area contributed by atoms with Gasteiger partial charge in [-0.15, -0.1) is 0 Å². The summed E-state index contributed by atoms with van der Waals surface area (Å²) in [6.07, 6.45) is 7.49. The Morgan fingerprint density at radius 1 is 1.20 bits per heavy atom. The van der Waals surface area contributed by atoms with E-state index >= 15 is 0 Å². The molecule has 0 spiro atoms. The first-order chi connectivity index (χ1) is 7.01. The van der Waals surface area contributed by atoms with E-state index in [-0.39, 0.29) is 5.54 Å². The number of nitrogens with zero attached hydrogens (tertiary/aromatic N) is 1. The van der Waals surface area contributed by atoms with Gasteiger partial charge in [-0.1, -0.05) is 31.4 Å². The average Bonchev–Trinajstić information content (AvgIpc) is 2.10. The van der Waals surface area contributed by atoms with Crippen LogP contribution in [-0.4, -0.2) is 11.4 Å². The summed E-state index contributed by atoms with van der Waals surface area (Å²) >= 11 is 0. The minimum absolute atomic E-state index is 0.210. The quantitative estimate of drug-likeness (QED) is 0.731. The van der Waals surface area contributed by atoms with Gasteiger partial charge in [0.2, 0.25) is 0 Å². The van der Waals surface area contributed by atoms with Crippen LogP contribution in [0.5, 0.6) is 0 Å². The Balaban J connectivity index is 3.28. The summed E-state index contributed by atoms with van der Waals surface area (Å²) in [5, 5.41) is 3.23. The van der Waals surface area contributed by atoms with Crippen molar-refractivity contribution in [2.75, 3.05) is 0 Å². The van der Waals surface area contributed by atoms with Crippen LogP contribution in [0.2, 0.25) is 0 Å². The standard InChI is InChI=1S/C13H18N2/c1-6-8-11-12(9-7-2)14-10(3)15-13(11,4)5/h6-9H,1-2H2,3-5H3,(H,14,15)/b11-8+,12-9+. The molecule has 0 saturated heterocycles. The maximum absolute atomic E-state index is 4.56. The fourth-order valence-electron chi connectivity index (χ4n) is 1.76. The Labute approximate surface area is 91.8 Å². The van der Waals surface area contributed by atoms with Crippen molar-refractivity contribution in [2.45, 2.75) is 26.3 Å². The maximum Gasteiger partial charge on any atom is 0.0986 e. The van der Waals surface area contributed by atoms with Crippen molar-refractivity contribution in [1.82, 2.24) is 5.32 Å². The van der Waals surface area contributed by atoms with Gasteiger partial charge in [-0.2, -0.15) is 0 Å². The number of amidine groups is 1. The smallest absolute Gasteiger partial charge is 0.0986 e. The van der Waals surface area contributed by atoms with Gasteiger partial charge in [0, 0.05) is 11.3 Å². The van der Waals surface area contributed by atoms with E-state index in [1.54, 1.807) is 12.2 Å². The molecule has 0 saturated carbocycles. The second-order valence-electron chi connectivity index (χ2n) is 4.01. The maximum atomic E-state index is 4.56. The molecule has 1 heterocycles. The van der Waals surface area contributed by atoms with Crippen molar-refractivity contribution in [3.05, 3.63) is 48.7 Å². The van der Waals surface area contributed by atoms with E-state index in [0.717, 1.165) is 17.1 Å². The summed E-state index contributed by atoms with van der Waals surface area (Å²) in [6, 6.07) is 0. The molecule has 1 rings (SSSR count). The van der Waals surface area contributed by atoms with Gasteiger partial charge in [-0.3, -0.25) is 4.99 Å². The van der Waals surface area contributed by atoms with E-state index in [1.807, 2.05) is 19.1 Å². The van der Waals surface area contributed by atoms with E-state index < -0.39 is 0 Å². The Hall–Kier alpha value is -1.57. The van der Waals surface area contributed by atoms with E-state index in [9.17, 15) is 0 Å². The Morgan fingerprint density at radius 3 is 2.33 bits per heavy atom. The van der Waals surface area contributed by atoms with Crippen LogP contribution in [0.4, 0.5) is 0 Å². The fraction of sp³-hybridized carbons (Fsp3) is 0.308. The first kappa shape index (κ1) is 11.5. The molecular formula is C13H18N2. The van der Waals surface area contributed by atoms with Crippen LogP contribution < -0.4 is 5.32 Å². The van der Waals surface area contributed by atoms with Gasteiger partial charge in [0.1, 0.15) is 0 Å². The van der Waals surface area contributed by atoms with Gasteiger partial charge < -0.3 is 5.32 Å². The van der Waals surface area contributed by atoms with Crippen LogP contribution in [0.3, 0.4) is 0 Å². The molecule has 0 bridgehead atoms. The van der Waals surface area contributed by atoms with Crippen molar-refractivity contribution in [3.8, 4) is 0 Å². The molecule has 1 aliphatic rings. The summed E-state index contributed by atoms with van der Waals surface area (Å²) < 4.78 is 0.